The summed E-state index contributed by atoms with van der Waals surface area (Å²) >= 11 is 0. The van der Waals surface area contributed by atoms with Gasteiger partial charge in [0.15, 0.2) is 0 Å². The van der Waals surface area contributed by atoms with E-state index in [4.69, 9.17) is 0 Å². The molecule has 17 heavy (non-hydrogen) atoms. The number of benzene rings is 1. The Morgan fingerprint density at radius 3 is 2.82 bits per heavy atom. The molecule has 4 heteroatoms. The van der Waals surface area contributed by atoms with Crippen molar-refractivity contribution in [3.63, 3.8) is 0 Å². The first-order valence-corrected chi connectivity index (χ1v) is 5.68. The molecule has 0 aliphatic heterocycles. The van der Waals surface area contributed by atoms with Crippen molar-refractivity contribution in [1.82, 2.24) is 15.1 Å². The fraction of sp³-hybridized carbons (Fsp3) is 0.308. The van der Waals surface area contributed by atoms with E-state index in [1.54, 1.807) is 18.3 Å². The quantitative estimate of drug-likeness (QED) is 0.799. The van der Waals surface area contributed by atoms with Gasteiger partial charge in [-0.3, -0.25) is 4.68 Å². The summed E-state index contributed by atoms with van der Waals surface area (Å²) < 4.78 is 15.2. The smallest absolute Gasteiger partial charge is 0.127 e. The van der Waals surface area contributed by atoms with Gasteiger partial charge in [0.25, 0.3) is 0 Å². The molecule has 0 aliphatic carbocycles. The lowest BCUT2D eigenvalue weighted by molar-refractivity contribution is 0.583. The van der Waals surface area contributed by atoms with E-state index in [1.807, 2.05) is 23.9 Å². The number of aromatic nitrogens is 2. The molecule has 1 heterocycles. The summed E-state index contributed by atoms with van der Waals surface area (Å²) in [4.78, 5) is 0. The van der Waals surface area contributed by atoms with E-state index >= 15 is 0 Å². The molecule has 2 rings (SSSR count). The largest absolute Gasteiger partial charge is 0.312 e. The van der Waals surface area contributed by atoms with Gasteiger partial charge in [-0.1, -0.05) is 18.2 Å². The average Bonchev–Trinajstić information content (AvgIpc) is 2.73. The van der Waals surface area contributed by atoms with Crippen LogP contribution in [0.15, 0.2) is 36.5 Å². The molecule has 0 atom stereocenters. The Balaban J connectivity index is 1.77. The maximum Gasteiger partial charge on any atom is 0.127 e. The minimum atomic E-state index is -0.152. The SMILES string of the molecule is Cn1nccc1CCNCc1ccccc1F. The average molecular weight is 233 g/mol. The topological polar surface area (TPSA) is 29.9 Å². The Kier molecular flexibility index (Phi) is 3.88. The van der Waals surface area contributed by atoms with E-state index in [-0.39, 0.29) is 5.82 Å². The third-order valence-electron chi connectivity index (χ3n) is 2.75. The van der Waals surface area contributed by atoms with Gasteiger partial charge in [0.05, 0.1) is 0 Å². The van der Waals surface area contributed by atoms with Crippen molar-refractivity contribution < 1.29 is 4.39 Å². The summed E-state index contributed by atoms with van der Waals surface area (Å²) in [6, 6.07) is 8.82. The number of rotatable bonds is 5. The predicted octanol–water partition coefficient (Wildman–Crippen LogP) is 1.89. The number of hydrogen-bond acceptors (Lipinski definition) is 2. The van der Waals surface area contributed by atoms with Crippen molar-refractivity contribution in [1.29, 1.82) is 0 Å². The molecule has 90 valence electrons. The lowest BCUT2D eigenvalue weighted by Gasteiger charge is -2.06. The minimum Gasteiger partial charge on any atom is -0.312 e. The Bertz CT molecular complexity index is 479. The number of halogens is 1. The number of hydrogen-bond donors (Lipinski definition) is 1. The third-order valence-corrected chi connectivity index (χ3v) is 2.75. The molecule has 0 amide bonds. The maximum atomic E-state index is 13.3. The van der Waals surface area contributed by atoms with Crippen LogP contribution in [-0.2, 0) is 20.0 Å². The van der Waals surface area contributed by atoms with Crippen LogP contribution in [0.3, 0.4) is 0 Å². The summed E-state index contributed by atoms with van der Waals surface area (Å²) in [5, 5.41) is 7.32. The molecule has 0 saturated heterocycles. The second-order valence-electron chi connectivity index (χ2n) is 3.96. The predicted molar refractivity (Wildman–Crippen MR) is 65.0 cm³/mol. The molecular formula is C13H16FN3. The summed E-state index contributed by atoms with van der Waals surface area (Å²) in [6.45, 7) is 1.37. The lowest BCUT2D eigenvalue weighted by atomic mass is 10.2. The van der Waals surface area contributed by atoms with Crippen LogP contribution >= 0.6 is 0 Å². The van der Waals surface area contributed by atoms with Crippen molar-refractivity contribution in [2.45, 2.75) is 13.0 Å². The summed E-state index contributed by atoms with van der Waals surface area (Å²) in [5.74, 6) is -0.152. The Labute approximate surface area is 100 Å². The molecule has 2 aromatic rings. The van der Waals surface area contributed by atoms with Gasteiger partial charge in [0.2, 0.25) is 0 Å². The Morgan fingerprint density at radius 1 is 1.29 bits per heavy atom. The van der Waals surface area contributed by atoms with Gasteiger partial charge < -0.3 is 5.32 Å². The first-order valence-electron chi connectivity index (χ1n) is 5.68. The van der Waals surface area contributed by atoms with Crippen LogP contribution in [0.5, 0.6) is 0 Å². The fourth-order valence-electron chi connectivity index (χ4n) is 1.73. The van der Waals surface area contributed by atoms with Crippen LogP contribution in [0, 0.1) is 5.82 Å². The molecule has 0 spiro atoms. The van der Waals surface area contributed by atoms with Crippen molar-refractivity contribution in [3.05, 3.63) is 53.6 Å². The van der Waals surface area contributed by atoms with Crippen LogP contribution in [-0.4, -0.2) is 16.3 Å². The molecule has 0 aliphatic rings. The minimum absolute atomic E-state index is 0.152. The second kappa shape index (κ2) is 5.59. The van der Waals surface area contributed by atoms with Crippen LogP contribution in [0.4, 0.5) is 4.39 Å². The fourth-order valence-corrected chi connectivity index (χ4v) is 1.73. The van der Waals surface area contributed by atoms with Crippen molar-refractivity contribution in [2.24, 2.45) is 7.05 Å². The van der Waals surface area contributed by atoms with E-state index in [1.165, 1.54) is 11.8 Å². The molecule has 3 nitrogen and oxygen atoms in total. The van der Waals surface area contributed by atoms with Gasteiger partial charge in [-0.2, -0.15) is 5.10 Å². The monoisotopic (exact) mass is 233 g/mol. The van der Waals surface area contributed by atoms with E-state index in [9.17, 15) is 4.39 Å². The van der Waals surface area contributed by atoms with Gasteiger partial charge in [0, 0.05) is 44.0 Å². The van der Waals surface area contributed by atoms with Crippen molar-refractivity contribution in [3.8, 4) is 0 Å². The molecular weight excluding hydrogens is 217 g/mol. The summed E-state index contributed by atoms with van der Waals surface area (Å²) in [6.07, 6.45) is 2.68. The van der Waals surface area contributed by atoms with Gasteiger partial charge in [0.1, 0.15) is 5.82 Å². The highest BCUT2D eigenvalue weighted by atomic mass is 19.1. The van der Waals surface area contributed by atoms with Crippen molar-refractivity contribution >= 4 is 0 Å². The number of nitrogens with one attached hydrogen (secondary N) is 1. The molecule has 1 N–H and O–H groups in total. The third kappa shape index (κ3) is 3.14. The first kappa shape index (κ1) is 11.8. The Hall–Kier alpha value is -1.68. The zero-order valence-corrected chi connectivity index (χ0v) is 9.86. The molecule has 0 saturated carbocycles. The highest BCUT2D eigenvalue weighted by Crippen LogP contribution is 2.05. The molecule has 0 radical (unpaired) electrons. The number of nitrogens with zero attached hydrogens (tertiary/aromatic N) is 2. The first-order chi connectivity index (χ1) is 8.27. The molecule has 0 unspecified atom stereocenters. The zero-order chi connectivity index (χ0) is 12.1. The maximum absolute atomic E-state index is 13.3. The summed E-state index contributed by atoms with van der Waals surface area (Å²) in [5.41, 5.74) is 1.88. The van der Waals surface area contributed by atoms with Gasteiger partial charge in [-0.05, 0) is 12.1 Å². The van der Waals surface area contributed by atoms with E-state index in [2.05, 4.69) is 10.4 Å². The lowest BCUT2D eigenvalue weighted by Crippen LogP contribution is -2.18. The highest BCUT2D eigenvalue weighted by molar-refractivity contribution is 5.16. The molecule has 1 aromatic heterocycles. The van der Waals surface area contributed by atoms with E-state index in [0.717, 1.165) is 13.0 Å². The van der Waals surface area contributed by atoms with Gasteiger partial charge in [-0.25, -0.2) is 4.39 Å². The normalized spacial score (nSPS) is 10.7. The van der Waals surface area contributed by atoms with Crippen molar-refractivity contribution in [2.75, 3.05) is 6.54 Å². The summed E-state index contributed by atoms with van der Waals surface area (Å²) in [7, 11) is 1.92. The van der Waals surface area contributed by atoms with Gasteiger partial charge in [-0.15, -0.1) is 0 Å². The van der Waals surface area contributed by atoms with Crippen LogP contribution in [0.1, 0.15) is 11.3 Å². The zero-order valence-electron chi connectivity index (χ0n) is 9.86. The molecule has 0 fully saturated rings. The Morgan fingerprint density at radius 2 is 2.12 bits per heavy atom. The molecule has 1 aromatic carbocycles. The van der Waals surface area contributed by atoms with Crippen LogP contribution in [0.2, 0.25) is 0 Å². The standard InChI is InChI=1S/C13H16FN3/c1-17-12(7-9-16-17)6-8-15-10-11-4-2-3-5-13(11)14/h2-5,7,9,15H,6,8,10H2,1H3. The van der Waals surface area contributed by atoms with Crippen LogP contribution < -0.4 is 5.32 Å². The molecule has 0 bridgehead atoms. The van der Waals surface area contributed by atoms with Gasteiger partial charge >= 0.3 is 0 Å². The highest BCUT2D eigenvalue weighted by Gasteiger charge is 2.01. The second-order valence-corrected chi connectivity index (χ2v) is 3.96. The number of aryl methyl sites for hydroxylation is 1. The van der Waals surface area contributed by atoms with Crippen LogP contribution in [0.25, 0.3) is 0 Å². The van der Waals surface area contributed by atoms with E-state index < -0.39 is 0 Å². The van der Waals surface area contributed by atoms with E-state index in [0.29, 0.717) is 12.1 Å².